The van der Waals surface area contributed by atoms with E-state index >= 15 is 0 Å². The lowest BCUT2D eigenvalue weighted by atomic mass is 9.95. The van der Waals surface area contributed by atoms with Crippen molar-refractivity contribution in [2.45, 2.75) is 10.9 Å². The molecule has 1 fully saturated rings. The van der Waals surface area contributed by atoms with Gasteiger partial charge < -0.3 is 9.84 Å². The van der Waals surface area contributed by atoms with E-state index in [1.807, 2.05) is 0 Å². The second-order valence-corrected chi connectivity index (χ2v) is 8.88. The molecule has 0 spiro atoms. The number of Topliss-reactive ketones (excluding diaryl/α,β-unsaturated/α-hetero) is 1. The zero-order valence-corrected chi connectivity index (χ0v) is 18.3. The minimum atomic E-state index is -3.93. The Morgan fingerprint density at radius 1 is 0.939 bits per heavy atom. The quantitative estimate of drug-likeness (QED) is 0.340. The van der Waals surface area contributed by atoms with Gasteiger partial charge in [0.1, 0.15) is 11.5 Å². The Kier molecular flexibility index (Phi) is 5.75. The summed E-state index contributed by atoms with van der Waals surface area (Å²) in [7, 11) is -2.50. The molecule has 3 aromatic carbocycles. The molecule has 8 nitrogen and oxygen atoms in total. The van der Waals surface area contributed by atoms with E-state index < -0.39 is 27.8 Å². The molecule has 1 aliphatic rings. The molecule has 0 radical (unpaired) electrons. The van der Waals surface area contributed by atoms with Crippen LogP contribution >= 0.6 is 0 Å². The van der Waals surface area contributed by atoms with Gasteiger partial charge in [0.15, 0.2) is 0 Å². The largest absolute Gasteiger partial charge is 0.507 e. The van der Waals surface area contributed by atoms with Gasteiger partial charge in [-0.05, 0) is 42.0 Å². The van der Waals surface area contributed by atoms with Gasteiger partial charge in [0.25, 0.3) is 11.7 Å². The van der Waals surface area contributed by atoms with Crippen LogP contribution in [0, 0.1) is 0 Å². The predicted octanol–water partition coefficient (Wildman–Crippen LogP) is 2.97. The first-order valence-corrected chi connectivity index (χ1v) is 11.4. The zero-order chi connectivity index (χ0) is 23.8. The molecule has 4 rings (SSSR count). The van der Waals surface area contributed by atoms with Gasteiger partial charge in [-0.1, -0.05) is 42.5 Å². The summed E-state index contributed by atoms with van der Waals surface area (Å²) in [6.45, 7) is 0. The Labute approximate surface area is 190 Å². The third-order valence-electron chi connectivity index (χ3n) is 5.37. The number of nitrogens with zero attached hydrogens (tertiary/aromatic N) is 1. The first-order chi connectivity index (χ1) is 15.7. The number of carbonyl (C=O) groups is 2. The monoisotopic (exact) mass is 464 g/mol. The van der Waals surface area contributed by atoms with E-state index in [4.69, 9.17) is 9.88 Å². The maximum absolute atomic E-state index is 13.1. The Balaban J connectivity index is 1.93. The predicted molar refractivity (Wildman–Crippen MR) is 122 cm³/mol. The summed E-state index contributed by atoms with van der Waals surface area (Å²) >= 11 is 0. The average molecular weight is 464 g/mol. The van der Waals surface area contributed by atoms with Crippen molar-refractivity contribution in [3.05, 3.63) is 95.6 Å². The standard InChI is InChI=1S/C24H20N2O6S/c1-32-19-10-6-5-9-18(19)22(27)20-21(15-7-3-2-4-8-15)26(24(29)23(20)28)16-11-13-17(14-12-16)33(25,30)31/h2-14,21,27H,1H3,(H2,25,30,31)/b22-20+. The molecule has 1 atom stereocenters. The number of methoxy groups -OCH3 is 1. The van der Waals surface area contributed by atoms with E-state index in [1.165, 1.54) is 36.3 Å². The number of aliphatic hydroxyl groups excluding tert-OH is 1. The molecule has 0 aliphatic carbocycles. The summed E-state index contributed by atoms with van der Waals surface area (Å²) in [5.41, 5.74) is 1.02. The number of primary sulfonamides is 1. The normalized spacial score (nSPS) is 17.9. The van der Waals surface area contributed by atoms with Crippen LogP contribution in [0.15, 0.2) is 89.3 Å². The fourth-order valence-electron chi connectivity index (χ4n) is 3.83. The number of hydrogen-bond donors (Lipinski definition) is 2. The van der Waals surface area contributed by atoms with Gasteiger partial charge in [-0.15, -0.1) is 0 Å². The molecule has 0 bridgehead atoms. The molecule has 9 heteroatoms. The number of sulfonamides is 1. The highest BCUT2D eigenvalue weighted by Gasteiger charge is 2.47. The number of aliphatic hydroxyl groups is 1. The van der Waals surface area contributed by atoms with Crippen LogP contribution < -0.4 is 14.8 Å². The van der Waals surface area contributed by atoms with E-state index in [0.29, 0.717) is 11.3 Å². The summed E-state index contributed by atoms with van der Waals surface area (Å²) < 4.78 is 28.5. The summed E-state index contributed by atoms with van der Waals surface area (Å²) in [5.74, 6) is -1.76. The number of para-hydroxylation sites is 1. The smallest absolute Gasteiger partial charge is 0.300 e. The molecular weight excluding hydrogens is 444 g/mol. The molecule has 1 saturated heterocycles. The molecule has 1 aliphatic heterocycles. The maximum atomic E-state index is 13.1. The Bertz CT molecular complexity index is 1370. The number of ether oxygens (including phenoxy) is 1. The first kappa shape index (κ1) is 22.3. The zero-order valence-electron chi connectivity index (χ0n) is 17.5. The molecule has 33 heavy (non-hydrogen) atoms. The average Bonchev–Trinajstić information content (AvgIpc) is 3.09. The number of carbonyl (C=O) groups excluding carboxylic acids is 2. The molecular formula is C24H20N2O6S. The lowest BCUT2D eigenvalue weighted by molar-refractivity contribution is -0.132. The van der Waals surface area contributed by atoms with Crippen LogP contribution in [-0.2, 0) is 19.6 Å². The Hall–Kier alpha value is -3.95. The summed E-state index contributed by atoms with van der Waals surface area (Å²) in [4.78, 5) is 27.4. The van der Waals surface area contributed by atoms with Crippen LogP contribution in [0.5, 0.6) is 5.75 Å². The molecule has 0 saturated carbocycles. The van der Waals surface area contributed by atoms with Crippen molar-refractivity contribution in [2.24, 2.45) is 5.14 Å². The van der Waals surface area contributed by atoms with E-state index in [1.54, 1.807) is 54.6 Å². The van der Waals surface area contributed by atoms with Crippen LogP contribution in [0.3, 0.4) is 0 Å². The number of ketones is 1. The van der Waals surface area contributed by atoms with Crippen molar-refractivity contribution < 1.29 is 27.9 Å². The van der Waals surface area contributed by atoms with Gasteiger partial charge in [0.05, 0.1) is 29.2 Å². The van der Waals surface area contributed by atoms with Crippen molar-refractivity contribution in [3.63, 3.8) is 0 Å². The maximum Gasteiger partial charge on any atom is 0.300 e. The lowest BCUT2D eigenvalue weighted by Gasteiger charge is -2.25. The molecule has 0 aromatic heterocycles. The van der Waals surface area contributed by atoms with Crippen LogP contribution in [0.25, 0.3) is 5.76 Å². The number of anilines is 1. The first-order valence-electron chi connectivity index (χ1n) is 9.86. The highest BCUT2D eigenvalue weighted by atomic mass is 32.2. The molecule has 1 unspecified atom stereocenters. The fraction of sp³-hybridized carbons (Fsp3) is 0.0833. The summed E-state index contributed by atoms with van der Waals surface area (Å²) in [5, 5.41) is 16.3. The second-order valence-electron chi connectivity index (χ2n) is 7.32. The van der Waals surface area contributed by atoms with Crippen molar-refractivity contribution in [1.82, 2.24) is 0 Å². The second kappa shape index (κ2) is 8.53. The van der Waals surface area contributed by atoms with E-state index in [2.05, 4.69) is 0 Å². The van der Waals surface area contributed by atoms with E-state index in [-0.39, 0.29) is 27.5 Å². The lowest BCUT2D eigenvalue weighted by Crippen LogP contribution is -2.29. The SMILES string of the molecule is COc1ccccc1/C(O)=C1\C(=O)C(=O)N(c2ccc(S(N)(=O)=O)cc2)C1c1ccccc1. The van der Waals surface area contributed by atoms with Gasteiger partial charge >= 0.3 is 0 Å². The number of rotatable bonds is 5. The van der Waals surface area contributed by atoms with Crippen LogP contribution in [0.1, 0.15) is 17.2 Å². The van der Waals surface area contributed by atoms with Crippen molar-refractivity contribution >= 4 is 33.2 Å². The molecule has 1 heterocycles. The van der Waals surface area contributed by atoms with E-state index in [0.717, 1.165) is 0 Å². The number of nitrogens with two attached hydrogens (primary N) is 1. The highest BCUT2D eigenvalue weighted by molar-refractivity contribution is 7.89. The molecule has 168 valence electrons. The summed E-state index contributed by atoms with van der Waals surface area (Å²) in [6, 6.07) is 19.7. The van der Waals surface area contributed by atoms with Gasteiger partial charge in [-0.2, -0.15) is 0 Å². The highest BCUT2D eigenvalue weighted by Crippen LogP contribution is 2.43. The third kappa shape index (κ3) is 3.99. The Morgan fingerprint density at radius 3 is 2.15 bits per heavy atom. The minimum Gasteiger partial charge on any atom is -0.507 e. The van der Waals surface area contributed by atoms with Crippen LogP contribution in [0.2, 0.25) is 0 Å². The van der Waals surface area contributed by atoms with Crippen molar-refractivity contribution in [1.29, 1.82) is 0 Å². The topological polar surface area (TPSA) is 127 Å². The van der Waals surface area contributed by atoms with Crippen molar-refractivity contribution in [2.75, 3.05) is 12.0 Å². The Morgan fingerprint density at radius 2 is 1.55 bits per heavy atom. The third-order valence-corrected chi connectivity index (χ3v) is 6.29. The van der Waals surface area contributed by atoms with Gasteiger partial charge in [-0.25, -0.2) is 13.6 Å². The van der Waals surface area contributed by atoms with Crippen LogP contribution in [0.4, 0.5) is 5.69 Å². The fourth-order valence-corrected chi connectivity index (χ4v) is 4.35. The molecule has 3 aromatic rings. The summed E-state index contributed by atoms with van der Waals surface area (Å²) in [6.07, 6.45) is 0. The van der Waals surface area contributed by atoms with Crippen molar-refractivity contribution in [3.8, 4) is 5.75 Å². The van der Waals surface area contributed by atoms with E-state index in [9.17, 15) is 23.1 Å². The molecule has 3 N–H and O–H groups in total. The number of benzene rings is 3. The minimum absolute atomic E-state index is 0.105. The van der Waals surface area contributed by atoms with Gasteiger partial charge in [0, 0.05) is 5.69 Å². The van der Waals surface area contributed by atoms with Gasteiger partial charge in [-0.3, -0.25) is 14.5 Å². The van der Waals surface area contributed by atoms with Gasteiger partial charge in [0.2, 0.25) is 10.0 Å². The van der Waals surface area contributed by atoms with Crippen LogP contribution in [-0.4, -0.2) is 32.3 Å². The number of amides is 1. The molecule has 1 amide bonds. The number of hydrogen-bond acceptors (Lipinski definition) is 6.